The van der Waals surface area contributed by atoms with Gasteiger partial charge in [-0.15, -0.1) is 0 Å². The Balaban J connectivity index is 1.65. The van der Waals surface area contributed by atoms with Crippen LogP contribution in [0.5, 0.6) is 0 Å². The first-order chi connectivity index (χ1) is 18.7. The summed E-state index contributed by atoms with van der Waals surface area (Å²) in [6.07, 6.45) is 6.71. The molecule has 2 heterocycles. The molecule has 3 aromatic rings. The highest BCUT2D eigenvalue weighted by molar-refractivity contribution is 6.03. The summed E-state index contributed by atoms with van der Waals surface area (Å²) in [5.74, 6) is 1.82. The molecular weight excluding hydrogens is 497 g/mol. The van der Waals surface area contributed by atoms with Gasteiger partial charge in [-0.3, -0.25) is 10.7 Å². The SMILES string of the molecule is CC1CCC(Cn2c(C(C)c3ccccc3F)nc3nc(C(=N)NC(=O)O)nc(N[C@H](C)C4CCC4)c32)CC1. The van der Waals surface area contributed by atoms with Gasteiger partial charge in [0.15, 0.2) is 23.1 Å². The van der Waals surface area contributed by atoms with E-state index in [4.69, 9.17) is 10.4 Å². The van der Waals surface area contributed by atoms with Crippen LogP contribution in [0.25, 0.3) is 11.2 Å². The van der Waals surface area contributed by atoms with Crippen LogP contribution in [0.4, 0.5) is 15.0 Å². The van der Waals surface area contributed by atoms with Crippen LogP contribution in [-0.4, -0.2) is 42.6 Å². The van der Waals surface area contributed by atoms with Crippen molar-refractivity contribution in [1.82, 2.24) is 24.8 Å². The summed E-state index contributed by atoms with van der Waals surface area (Å²) in [7, 11) is 0. The Labute approximate surface area is 228 Å². The Bertz CT molecular complexity index is 1360. The molecule has 5 rings (SSSR count). The van der Waals surface area contributed by atoms with Gasteiger partial charge in [0.2, 0.25) is 0 Å². The number of nitrogens with zero attached hydrogens (tertiary/aromatic N) is 4. The normalized spacial score (nSPS) is 21.2. The molecule has 2 fully saturated rings. The van der Waals surface area contributed by atoms with Crippen molar-refractivity contribution in [2.24, 2.45) is 17.8 Å². The number of nitrogens with one attached hydrogen (secondary N) is 3. The summed E-state index contributed by atoms with van der Waals surface area (Å²) in [5, 5.41) is 23.1. The zero-order chi connectivity index (χ0) is 27.7. The number of fused-ring (bicyclic) bond motifs is 1. The van der Waals surface area contributed by atoms with E-state index in [-0.39, 0.29) is 23.6 Å². The number of imidazole rings is 1. The quantitative estimate of drug-likeness (QED) is 0.203. The number of halogens is 1. The number of benzene rings is 1. The van der Waals surface area contributed by atoms with Crippen molar-refractivity contribution in [1.29, 1.82) is 5.41 Å². The maximum Gasteiger partial charge on any atom is 0.410 e. The van der Waals surface area contributed by atoms with E-state index >= 15 is 0 Å². The predicted octanol–water partition coefficient (Wildman–Crippen LogP) is 6.14. The molecule has 0 saturated heterocycles. The molecule has 10 heteroatoms. The molecule has 1 amide bonds. The fraction of sp³-hybridized carbons (Fsp3) is 0.552. The van der Waals surface area contributed by atoms with Crippen molar-refractivity contribution in [3.05, 3.63) is 47.3 Å². The largest absolute Gasteiger partial charge is 0.465 e. The summed E-state index contributed by atoms with van der Waals surface area (Å²) >= 11 is 0. The van der Waals surface area contributed by atoms with Gasteiger partial charge < -0.3 is 15.0 Å². The Morgan fingerprint density at radius 2 is 1.85 bits per heavy atom. The van der Waals surface area contributed by atoms with Crippen molar-refractivity contribution in [3.63, 3.8) is 0 Å². The lowest BCUT2D eigenvalue weighted by Crippen LogP contribution is -2.33. The van der Waals surface area contributed by atoms with Crippen LogP contribution < -0.4 is 10.6 Å². The van der Waals surface area contributed by atoms with Crippen LogP contribution in [-0.2, 0) is 6.54 Å². The van der Waals surface area contributed by atoms with E-state index in [0.717, 1.165) is 43.7 Å². The van der Waals surface area contributed by atoms with Crippen molar-refractivity contribution in [2.45, 2.75) is 84.2 Å². The first-order valence-corrected chi connectivity index (χ1v) is 14.1. The maximum absolute atomic E-state index is 14.9. The first-order valence-electron chi connectivity index (χ1n) is 14.1. The van der Waals surface area contributed by atoms with Crippen molar-refractivity contribution in [2.75, 3.05) is 5.32 Å². The molecule has 2 aliphatic carbocycles. The van der Waals surface area contributed by atoms with E-state index in [1.807, 2.05) is 13.0 Å². The van der Waals surface area contributed by atoms with Crippen LogP contribution >= 0.6 is 0 Å². The molecule has 2 aliphatic rings. The van der Waals surface area contributed by atoms with Gasteiger partial charge in [0.1, 0.15) is 17.2 Å². The molecule has 2 atom stereocenters. The van der Waals surface area contributed by atoms with Gasteiger partial charge in [0.05, 0.1) is 0 Å². The summed E-state index contributed by atoms with van der Waals surface area (Å²) in [6.45, 7) is 7.10. The fourth-order valence-corrected chi connectivity index (χ4v) is 5.95. The highest BCUT2D eigenvalue weighted by atomic mass is 19.1. The van der Waals surface area contributed by atoms with Crippen LogP contribution in [0, 0.1) is 29.0 Å². The average Bonchev–Trinajstić information content (AvgIpc) is 3.22. The Morgan fingerprint density at radius 3 is 2.49 bits per heavy atom. The van der Waals surface area contributed by atoms with Gasteiger partial charge in [-0.05, 0) is 62.0 Å². The van der Waals surface area contributed by atoms with Crippen LogP contribution in [0.15, 0.2) is 24.3 Å². The lowest BCUT2D eigenvalue weighted by Gasteiger charge is -2.32. The standard InChI is InChI=1S/C29H38FN7O2/c1-16-11-13-19(14-12-16)15-37-23-25(32-18(3)20-7-6-8-20)34-27(24(31)33-29(38)39)35-26(23)36-28(37)17(2)21-9-4-5-10-22(21)30/h4-5,9-10,16-20H,6-8,11-15H2,1-3H3,(H2,31,33)(H,38,39)(H,32,34,35)/t16?,17?,18-,19?/m1/s1. The van der Waals surface area contributed by atoms with E-state index in [0.29, 0.717) is 34.7 Å². The second-order valence-corrected chi connectivity index (χ2v) is 11.4. The molecule has 4 N–H and O–H groups in total. The zero-order valence-electron chi connectivity index (χ0n) is 22.9. The van der Waals surface area contributed by atoms with Gasteiger partial charge in [0.25, 0.3) is 0 Å². The number of hydrogen-bond acceptors (Lipinski definition) is 6. The van der Waals surface area contributed by atoms with Gasteiger partial charge in [-0.2, -0.15) is 0 Å². The number of anilines is 1. The lowest BCUT2D eigenvalue weighted by atomic mass is 9.80. The van der Waals surface area contributed by atoms with Crippen molar-refractivity contribution < 1.29 is 14.3 Å². The fourth-order valence-electron chi connectivity index (χ4n) is 5.95. The number of rotatable bonds is 8. The molecule has 0 spiro atoms. The Hall–Kier alpha value is -3.56. The molecule has 1 unspecified atom stereocenters. The van der Waals surface area contributed by atoms with E-state index in [9.17, 15) is 14.3 Å². The molecule has 208 valence electrons. The summed E-state index contributed by atoms with van der Waals surface area (Å²) < 4.78 is 17.1. The van der Waals surface area contributed by atoms with Gasteiger partial charge in [-0.25, -0.2) is 24.1 Å². The number of hydrogen-bond donors (Lipinski definition) is 4. The van der Waals surface area contributed by atoms with Crippen LogP contribution in [0.2, 0.25) is 0 Å². The van der Waals surface area contributed by atoms with E-state index in [1.165, 1.54) is 25.3 Å². The summed E-state index contributed by atoms with van der Waals surface area (Å²) in [5.41, 5.74) is 1.66. The van der Waals surface area contributed by atoms with E-state index in [2.05, 4.69) is 39.0 Å². The molecule has 2 aromatic heterocycles. The van der Waals surface area contributed by atoms with Crippen molar-refractivity contribution in [3.8, 4) is 0 Å². The second-order valence-electron chi connectivity index (χ2n) is 11.4. The highest BCUT2D eigenvalue weighted by Gasteiger charge is 2.30. The number of amides is 1. The monoisotopic (exact) mass is 535 g/mol. The minimum absolute atomic E-state index is 0.0468. The smallest absolute Gasteiger partial charge is 0.410 e. The van der Waals surface area contributed by atoms with E-state index < -0.39 is 11.9 Å². The predicted molar refractivity (Wildman–Crippen MR) is 149 cm³/mol. The Kier molecular flexibility index (Phi) is 7.81. The third-order valence-electron chi connectivity index (χ3n) is 8.64. The third-order valence-corrected chi connectivity index (χ3v) is 8.64. The zero-order valence-corrected chi connectivity index (χ0v) is 22.9. The molecule has 1 aromatic carbocycles. The first kappa shape index (κ1) is 27.0. The maximum atomic E-state index is 14.9. The number of aromatic nitrogens is 4. The molecular formula is C29H38FN7O2. The molecule has 0 aliphatic heterocycles. The third kappa shape index (κ3) is 5.74. The lowest BCUT2D eigenvalue weighted by molar-refractivity contribution is 0.200. The summed E-state index contributed by atoms with van der Waals surface area (Å²) in [6, 6.07) is 6.89. The number of carboxylic acid groups (broad SMARTS) is 1. The summed E-state index contributed by atoms with van der Waals surface area (Å²) in [4.78, 5) is 25.3. The van der Waals surface area contributed by atoms with Gasteiger partial charge >= 0.3 is 6.09 Å². The average molecular weight is 536 g/mol. The van der Waals surface area contributed by atoms with Crippen molar-refractivity contribution >= 4 is 28.9 Å². The number of amidine groups is 1. The minimum atomic E-state index is -1.35. The number of carbonyl (C=O) groups is 1. The van der Waals surface area contributed by atoms with Crippen LogP contribution in [0.1, 0.15) is 88.8 Å². The van der Waals surface area contributed by atoms with Gasteiger partial charge in [-0.1, -0.05) is 51.3 Å². The molecule has 39 heavy (non-hydrogen) atoms. The molecule has 0 bridgehead atoms. The molecule has 0 radical (unpaired) electrons. The topological polar surface area (TPSA) is 129 Å². The van der Waals surface area contributed by atoms with Gasteiger partial charge in [0, 0.05) is 18.5 Å². The van der Waals surface area contributed by atoms with Crippen LogP contribution in [0.3, 0.4) is 0 Å². The Morgan fingerprint density at radius 1 is 1.13 bits per heavy atom. The molecule has 9 nitrogen and oxygen atoms in total. The minimum Gasteiger partial charge on any atom is -0.465 e. The second kappa shape index (κ2) is 11.3. The van der Waals surface area contributed by atoms with E-state index in [1.54, 1.807) is 12.1 Å². The highest BCUT2D eigenvalue weighted by Crippen LogP contribution is 2.36. The molecule has 2 saturated carbocycles.